The summed E-state index contributed by atoms with van der Waals surface area (Å²) < 4.78 is 5.00. The molecule has 0 radical (unpaired) electrons. The molecule has 0 aromatic heterocycles. The highest BCUT2D eigenvalue weighted by molar-refractivity contribution is 8.00. The minimum absolute atomic E-state index is 0.00528. The summed E-state index contributed by atoms with van der Waals surface area (Å²) in [5.41, 5.74) is -1.09. The lowest BCUT2D eigenvalue weighted by atomic mass is 10.0. The standard InChI is InChI=1S/C12H21NO3S/c1-6-12(13-9-14,10(15)16-7-2)8-17-11(3,4)5/h6-8H2,1-5H3. The van der Waals surface area contributed by atoms with Gasteiger partial charge in [-0.2, -0.15) is 16.8 Å². The van der Waals surface area contributed by atoms with E-state index in [4.69, 9.17) is 4.74 Å². The summed E-state index contributed by atoms with van der Waals surface area (Å²) in [6, 6.07) is 0. The van der Waals surface area contributed by atoms with Gasteiger partial charge in [-0.3, -0.25) is 0 Å². The van der Waals surface area contributed by atoms with E-state index in [-0.39, 0.29) is 11.4 Å². The maximum absolute atomic E-state index is 11.9. The van der Waals surface area contributed by atoms with Gasteiger partial charge in [0.15, 0.2) is 5.54 Å². The van der Waals surface area contributed by atoms with Gasteiger partial charge in [0, 0.05) is 10.5 Å². The van der Waals surface area contributed by atoms with Crippen LogP contribution in [-0.2, 0) is 14.3 Å². The molecule has 0 bridgehead atoms. The van der Waals surface area contributed by atoms with E-state index in [0.29, 0.717) is 12.2 Å². The van der Waals surface area contributed by atoms with Crippen molar-refractivity contribution in [2.75, 3.05) is 12.4 Å². The Morgan fingerprint density at radius 1 is 1.35 bits per heavy atom. The molecule has 0 fully saturated rings. The van der Waals surface area contributed by atoms with Crippen LogP contribution in [0.15, 0.2) is 4.99 Å². The van der Waals surface area contributed by atoms with Crippen LogP contribution in [0.2, 0.25) is 0 Å². The fraction of sp³-hybridized carbons (Fsp3) is 0.833. The predicted molar refractivity (Wildman–Crippen MR) is 70.0 cm³/mol. The molecular formula is C12H21NO3S. The Morgan fingerprint density at radius 3 is 2.29 bits per heavy atom. The molecule has 1 atom stereocenters. The normalized spacial score (nSPS) is 14.6. The Bertz CT molecular complexity index is 305. The first-order valence-electron chi connectivity index (χ1n) is 5.71. The molecule has 0 heterocycles. The second-order valence-corrected chi connectivity index (χ2v) is 6.51. The van der Waals surface area contributed by atoms with Crippen LogP contribution in [0.1, 0.15) is 41.0 Å². The Labute approximate surface area is 107 Å². The fourth-order valence-electron chi connectivity index (χ4n) is 1.15. The monoisotopic (exact) mass is 259 g/mol. The highest BCUT2D eigenvalue weighted by atomic mass is 32.2. The SMILES string of the molecule is CCOC(=O)C(CC)(CSC(C)(C)C)N=C=O. The summed E-state index contributed by atoms with van der Waals surface area (Å²) in [6.45, 7) is 9.99. The summed E-state index contributed by atoms with van der Waals surface area (Å²) in [7, 11) is 0. The van der Waals surface area contributed by atoms with Crippen LogP contribution in [0, 0.1) is 0 Å². The molecule has 98 valence electrons. The first-order chi connectivity index (χ1) is 7.81. The quantitative estimate of drug-likeness (QED) is 0.418. The zero-order valence-electron chi connectivity index (χ0n) is 11.2. The second kappa shape index (κ2) is 6.82. The van der Waals surface area contributed by atoms with Crippen molar-refractivity contribution in [1.29, 1.82) is 0 Å². The number of carbonyl (C=O) groups is 1. The van der Waals surface area contributed by atoms with Gasteiger partial charge in [-0.05, 0) is 13.3 Å². The topological polar surface area (TPSA) is 55.7 Å². The molecule has 5 heteroatoms. The summed E-state index contributed by atoms with van der Waals surface area (Å²) in [4.78, 5) is 26.1. The highest BCUT2D eigenvalue weighted by Gasteiger charge is 2.39. The molecule has 0 aliphatic heterocycles. The largest absolute Gasteiger partial charge is 0.464 e. The van der Waals surface area contributed by atoms with Crippen LogP contribution < -0.4 is 0 Å². The Hall–Kier alpha value is -0.800. The van der Waals surface area contributed by atoms with Crippen LogP contribution in [0.4, 0.5) is 0 Å². The van der Waals surface area contributed by atoms with Crippen molar-refractivity contribution in [3.05, 3.63) is 0 Å². The Balaban J connectivity index is 4.95. The summed E-state index contributed by atoms with van der Waals surface area (Å²) in [6.07, 6.45) is 1.93. The van der Waals surface area contributed by atoms with Crippen LogP contribution in [0.5, 0.6) is 0 Å². The van der Waals surface area contributed by atoms with Crippen LogP contribution in [0.25, 0.3) is 0 Å². The van der Waals surface area contributed by atoms with E-state index in [0.717, 1.165) is 0 Å². The lowest BCUT2D eigenvalue weighted by Crippen LogP contribution is -2.41. The van der Waals surface area contributed by atoms with Gasteiger partial charge in [0.2, 0.25) is 6.08 Å². The molecule has 0 saturated heterocycles. The van der Waals surface area contributed by atoms with Crippen molar-refractivity contribution in [3.8, 4) is 0 Å². The third kappa shape index (κ3) is 5.37. The molecule has 0 aliphatic rings. The van der Waals surface area contributed by atoms with Gasteiger partial charge in [0.1, 0.15) is 0 Å². The smallest absolute Gasteiger partial charge is 0.335 e. The fourth-order valence-corrected chi connectivity index (χ4v) is 2.21. The van der Waals surface area contributed by atoms with Crippen LogP contribution in [0.3, 0.4) is 0 Å². The van der Waals surface area contributed by atoms with Crippen molar-refractivity contribution in [2.45, 2.75) is 51.3 Å². The molecule has 1 unspecified atom stereocenters. The number of ether oxygens (including phenoxy) is 1. The zero-order chi connectivity index (χ0) is 13.5. The van der Waals surface area contributed by atoms with E-state index < -0.39 is 11.5 Å². The summed E-state index contributed by atoms with van der Waals surface area (Å²) >= 11 is 1.59. The van der Waals surface area contributed by atoms with E-state index in [1.54, 1.807) is 18.7 Å². The highest BCUT2D eigenvalue weighted by Crippen LogP contribution is 2.31. The van der Waals surface area contributed by atoms with Crippen LogP contribution in [-0.4, -0.2) is 34.7 Å². The lowest BCUT2D eigenvalue weighted by Gasteiger charge is -2.27. The number of rotatable bonds is 6. The van der Waals surface area contributed by atoms with E-state index in [9.17, 15) is 9.59 Å². The number of aliphatic imine (C=N–C) groups is 1. The zero-order valence-corrected chi connectivity index (χ0v) is 12.0. The number of hydrogen-bond acceptors (Lipinski definition) is 5. The molecule has 0 saturated carbocycles. The third-order valence-corrected chi connectivity index (χ3v) is 3.73. The van der Waals surface area contributed by atoms with Gasteiger partial charge in [-0.25, -0.2) is 9.59 Å². The van der Waals surface area contributed by atoms with Crippen molar-refractivity contribution in [3.63, 3.8) is 0 Å². The second-order valence-electron chi connectivity index (χ2n) is 4.71. The van der Waals surface area contributed by atoms with Gasteiger partial charge < -0.3 is 4.74 Å². The molecule has 0 aliphatic carbocycles. The van der Waals surface area contributed by atoms with Crippen molar-refractivity contribution in [1.82, 2.24) is 0 Å². The summed E-state index contributed by atoms with van der Waals surface area (Å²) in [5, 5.41) is 0. The molecule has 0 rings (SSSR count). The maximum Gasteiger partial charge on any atom is 0.335 e. The minimum Gasteiger partial charge on any atom is -0.464 e. The van der Waals surface area contributed by atoms with Gasteiger partial charge >= 0.3 is 5.97 Å². The van der Waals surface area contributed by atoms with Crippen molar-refractivity contribution >= 4 is 23.8 Å². The van der Waals surface area contributed by atoms with E-state index in [1.165, 1.54) is 6.08 Å². The molecule has 0 aromatic carbocycles. The molecule has 0 aromatic rings. The van der Waals surface area contributed by atoms with E-state index in [1.807, 2.05) is 27.7 Å². The molecule has 17 heavy (non-hydrogen) atoms. The van der Waals surface area contributed by atoms with E-state index >= 15 is 0 Å². The molecular weight excluding hydrogens is 238 g/mol. The Morgan fingerprint density at radius 2 is 1.94 bits per heavy atom. The average molecular weight is 259 g/mol. The molecule has 4 nitrogen and oxygen atoms in total. The average Bonchev–Trinajstić information content (AvgIpc) is 2.23. The Kier molecular flexibility index (Phi) is 6.50. The van der Waals surface area contributed by atoms with E-state index in [2.05, 4.69) is 4.99 Å². The third-order valence-electron chi connectivity index (χ3n) is 2.24. The van der Waals surface area contributed by atoms with Crippen molar-refractivity contribution < 1.29 is 14.3 Å². The lowest BCUT2D eigenvalue weighted by molar-refractivity contribution is -0.148. The number of thioether (sulfide) groups is 1. The minimum atomic E-state index is -1.09. The molecule has 0 N–H and O–H groups in total. The predicted octanol–water partition coefficient (Wildman–Crippen LogP) is 2.57. The molecule has 0 spiro atoms. The van der Waals surface area contributed by atoms with Crippen LogP contribution >= 0.6 is 11.8 Å². The van der Waals surface area contributed by atoms with Gasteiger partial charge in [0.25, 0.3) is 0 Å². The number of esters is 1. The first-order valence-corrected chi connectivity index (χ1v) is 6.70. The van der Waals surface area contributed by atoms with Gasteiger partial charge in [0.05, 0.1) is 6.61 Å². The number of isocyanates is 1. The van der Waals surface area contributed by atoms with Gasteiger partial charge in [-0.1, -0.05) is 27.7 Å². The van der Waals surface area contributed by atoms with Crippen molar-refractivity contribution in [2.24, 2.45) is 4.99 Å². The molecule has 0 amide bonds. The number of nitrogens with zero attached hydrogens (tertiary/aromatic N) is 1. The maximum atomic E-state index is 11.9. The van der Waals surface area contributed by atoms with Gasteiger partial charge in [-0.15, -0.1) is 0 Å². The number of carbonyl (C=O) groups excluding carboxylic acids is 2. The first kappa shape index (κ1) is 16.2. The number of hydrogen-bond donors (Lipinski definition) is 0. The summed E-state index contributed by atoms with van der Waals surface area (Å²) in [5.74, 6) is -0.0104.